The molecule has 1 heterocycles. The van der Waals surface area contributed by atoms with Crippen LogP contribution >= 0.6 is 0 Å². The van der Waals surface area contributed by atoms with Crippen LogP contribution in [0.15, 0.2) is 24.4 Å². The highest BCUT2D eigenvalue weighted by molar-refractivity contribution is 6.03. The Labute approximate surface area is 131 Å². The average molecular weight is 300 g/mol. The molecule has 0 aliphatic heterocycles. The summed E-state index contributed by atoms with van der Waals surface area (Å²) in [6.45, 7) is 4.99. The molecule has 0 radical (unpaired) electrons. The van der Waals surface area contributed by atoms with E-state index in [1.54, 1.807) is 6.07 Å². The van der Waals surface area contributed by atoms with E-state index in [9.17, 15) is 9.90 Å². The van der Waals surface area contributed by atoms with Crippen LogP contribution in [-0.4, -0.2) is 21.7 Å². The normalized spacial score (nSPS) is 16.0. The lowest BCUT2D eigenvalue weighted by Crippen LogP contribution is -2.25. The molecular formula is C18H24N2O2. The Hall–Kier alpha value is -1.81. The molecule has 1 fully saturated rings. The first-order valence-electron chi connectivity index (χ1n) is 8.17. The van der Waals surface area contributed by atoms with Gasteiger partial charge in [0.1, 0.15) is 0 Å². The maximum Gasteiger partial charge on any atom is 0.337 e. The minimum atomic E-state index is -0.860. The lowest BCUT2D eigenvalue weighted by Gasteiger charge is -2.11. The van der Waals surface area contributed by atoms with E-state index in [1.165, 1.54) is 31.2 Å². The minimum Gasteiger partial charge on any atom is -0.478 e. The van der Waals surface area contributed by atoms with Crippen LogP contribution in [-0.2, 0) is 6.54 Å². The Kier molecular flexibility index (Phi) is 4.21. The van der Waals surface area contributed by atoms with Crippen LogP contribution in [0.1, 0.15) is 61.5 Å². The van der Waals surface area contributed by atoms with Crippen molar-refractivity contribution < 1.29 is 9.90 Å². The zero-order valence-electron chi connectivity index (χ0n) is 13.3. The zero-order valence-corrected chi connectivity index (χ0v) is 13.3. The third-order valence-electron chi connectivity index (χ3n) is 4.66. The van der Waals surface area contributed by atoms with E-state index >= 15 is 0 Å². The second-order valence-electron chi connectivity index (χ2n) is 6.52. The maximum atomic E-state index is 11.5. The third-order valence-corrected chi connectivity index (χ3v) is 4.66. The molecule has 4 nitrogen and oxygen atoms in total. The topological polar surface area (TPSA) is 54.3 Å². The molecule has 4 heteroatoms. The van der Waals surface area contributed by atoms with Crippen molar-refractivity contribution >= 4 is 16.9 Å². The number of nitrogens with zero attached hydrogens (tertiary/aromatic N) is 1. The third kappa shape index (κ3) is 2.75. The van der Waals surface area contributed by atoms with Crippen molar-refractivity contribution in [2.45, 2.75) is 58.2 Å². The number of para-hydroxylation sites is 1. The minimum absolute atomic E-state index is 0.239. The summed E-state index contributed by atoms with van der Waals surface area (Å²) in [4.78, 5) is 11.5. The molecule has 1 saturated carbocycles. The standard InChI is InChI=1S/C18H24N2O2/c1-12(2)20-11-13(10-19-14-6-3-4-7-14)15-8-5-9-16(17(15)20)18(21)22/h5,8-9,11-12,14,19H,3-4,6-7,10H2,1-2H3,(H,21,22). The molecule has 0 unspecified atom stereocenters. The molecule has 2 aromatic rings. The molecule has 118 valence electrons. The number of hydrogen-bond donors (Lipinski definition) is 2. The summed E-state index contributed by atoms with van der Waals surface area (Å²) >= 11 is 0. The Balaban J connectivity index is 1.99. The number of benzene rings is 1. The zero-order chi connectivity index (χ0) is 15.7. The Morgan fingerprint density at radius 2 is 2.09 bits per heavy atom. The van der Waals surface area contributed by atoms with Gasteiger partial charge in [0.05, 0.1) is 11.1 Å². The number of rotatable bonds is 5. The van der Waals surface area contributed by atoms with Gasteiger partial charge in [-0.2, -0.15) is 0 Å². The van der Waals surface area contributed by atoms with E-state index in [2.05, 4.69) is 29.9 Å². The van der Waals surface area contributed by atoms with Crippen LogP contribution in [0, 0.1) is 0 Å². The fourth-order valence-electron chi connectivity index (χ4n) is 3.49. The van der Waals surface area contributed by atoms with Crippen molar-refractivity contribution in [3.8, 4) is 0 Å². The lowest BCUT2D eigenvalue weighted by molar-refractivity contribution is 0.0698. The fourth-order valence-corrected chi connectivity index (χ4v) is 3.49. The van der Waals surface area contributed by atoms with Gasteiger partial charge in [-0.05, 0) is 38.3 Å². The van der Waals surface area contributed by atoms with Gasteiger partial charge in [-0.3, -0.25) is 0 Å². The van der Waals surface area contributed by atoms with Crippen molar-refractivity contribution in [3.63, 3.8) is 0 Å². The number of carboxylic acid groups (broad SMARTS) is 1. The van der Waals surface area contributed by atoms with E-state index in [1.807, 2.05) is 12.1 Å². The monoisotopic (exact) mass is 300 g/mol. The Morgan fingerprint density at radius 3 is 2.73 bits per heavy atom. The van der Waals surface area contributed by atoms with Crippen molar-refractivity contribution in [2.75, 3.05) is 0 Å². The van der Waals surface area contributed by atoms with Gasteiger partial charge >= 0.3 is 5.97 Å². The number of carbonyl (C=O) groups is 1. The van der Waals surface area contributed by atoms with E-state index < -0.39 is 5.97 Å². The number of aromatic carboxylic acids is 1. The Bertz CT molecular complexity index is 682. The number of carboxylic acids is 1. The van der Waals surface area contributed by atoms with Crippen molar-refractivity contribution in [2.24, 2.45) is 0 Å². The molecule has 0 atom stereocenters. The van der Waals surface area contributed by atoms with Gasteiger partial charge in [0.2, 0.25) is 0 Å². The van der Waals surface area contributed by atoms with Crippen LogP contribution in [0.3, 0.4) is 0 Å². The predicted octanol–water partition coefficient (Wildman–Crippen LogP) is 3.95. The average Bonchev–Trinajstić information content (AvgIpc) is 3.12. The smallest absolute Gasteiger partial charge is 0.337 e. The highest BCUT2D eigenvalue weighted by Gasteiger charge is 2.19. The first-order valence-corrected chi connectivity index (χ1v) is 8.17. The van der Waals surface area contributed by atoms with E-state index in [4.69, 9.17) is 0 Å². The molecule has 1 aromatic carbocycles. The van der Waals surface area contributed by atoms with Gasteiger partial charge < -0.3 is 15.0 Å². The molecule has 0 spiro atoms. The first-order chi connectivity index (χ1) is 10.6. The highest BCUT2D eigenvalue weighted by Crippen LogP contribution is 2.28. The molecular weight excluding hydrogens is 276 g/mol. The molecule has 1 aliphatic rings. The molecule has 22 heavy (non-hydrogen) atoms. The van der Waals surface area contributed by atoms with E-state index in [-0.39, 0.29) is 6.04 Å². The number of fused-ring (bicyclic) bond motifs is 1. The molecule has 1 aromatic heterocycles. The Morgan fingerprint density at radius 1 is 1.36 bits per heavy atom. The summed E-state index contributed by atoms with van der Waals surface area (Å²) in [5.41, 5.74) is 2.42. The molecule has 2 N–H and O–H groups in total. The first kappa shape index (κ1) is 15.1. The van der Waals surface area contributed by atoms with Gasteiger partial charge in [0.15, 0.2) is 0 Å². The van der Waals surface area contributed by atoms with Crippen molar-refractivity contribution in [3.05, 3.63) is 35.5 Å². The number of aromatic nitrogens is 1. The van der Waals surface area contributed by atoms with E-state index in [0.29, 0.717) is 11.6 Å². The molecule has 0 saturated heterocycles. The second-order valence-corrected chi connectivity index (χ2v) is 6.52. The summed E-state index contributed by atoms with van der Waals surface area (Å²) in [5.74, 6) is -0.860. The van der Waals surface area contributed by atoms with Crippen LogP contribution in [0.5, 0.6) is 0 Å². The maximum absolute atomic E-state index is 11.5. The summed E-state index contributed by atoms with van der Waals surface area (Å²) in [7, 11) is 0. The number of hydrogen-bond acceptors (Lipinski definition) is 2. The van der Waals surface area contributed by atoms with Crippen LogP contribution in [0.2, 0.25) is 0 Å². The SMILES string of the molecule is CC(C)n1cc(CNC2CCCC2)c2cccc(C(=O)O)c21. The van der Waals surface area contributed by atoms with Crippen LogP contribution < -0.4 is 5.32 Å². The van der Waals surface area contributed by atoms with Gasteiger partial charge in [-0.25, -0.2) is 4.79 Å². The van der Waals surface area contributed by atoms with Gasteiger partial charge in [0.25, 0.3) is 0 Å². The van der Waals surface area contributed by atoms with Crippen molar-refractivity contribution in [1.82, 2.24) is 9.88 Å². The molecule has 0 bridgehead atoms. The fraction of sp³-hybridized carbons (Fsp3) is 0.500. The van der Waals surface area contributed by atoms with Gasteiger partial charge in [-0.1, -0.05) is 25.0 Å². The van der Waals surface area contributed by atoms with Crippen LogP contribution in [0.4, 0.5) is 0 Å². The summed E-state index contributed by atoms with van der Waals surface area (Å²) in [5, 5.41) is 14.2. The quantitative estimate of drug-likeness (QED) is 0.879. The van der Waals surface area contributed by atoms with Crippen LogP contribution in [0.25, 0.3) is 10.9 Å². The second kappa shape index (κ2) is 6.13. The van der Waals surface area contributed by atoms with Gasteiger partial charge in [-0.15, -0.1) is 0 Å². The summed E-state index contributed by atoms with van der Waals surface area (Å²) < 4.78 is 2.09. The van der Waals surface area contributed by atoms with Gasteiger partial charge in [0, 0.05) is 30.2 Å². The highest BCUT2D eigenvalue weighted by atomic mass is 16.4. The molecule has 1 aliphatic carbocycles. The molecule has 0 amide bonds. The van der Waals surface area contributed by atoms with E-state index in [0.717, 1.165) is 17.4 Å². The lowest BCUT2D eigenvalue weighted by atomic mass is 10.1. The predicted molar refractivity (Wildman–Crippen MR) is 88.4 cm³/mol. The summed E-state index contributed by atoms with van der Waals surface area (Å²) in [6, 6.07) is 6.42. The molecule has 3 rings (SSSR count). The summed E-state index contributed by atoms with van der Waals surface area (Å²) in [6.07, 6.45) is 7.25. The largest absolute Gasteiger partial charge is 0.478 e. The van der Waals surface area contributed by atoms with Crippen molar-refractivity contribution in [1.29, 1.82) is 0 Å². The number of nitrogens with one attached hydrogen (secondary N) is 1.